The van der Waals surface area contributed by atoms with Gasteiger partial charge in [-0.2, -0.15) is 13.2 Å². The maximum atomic E-state index is 12.9. The summed E-state index contributed by atoms with van der Waals surface area (Å²) in [5.41, 5.74) is 1.55. The average molecular weight is 416 g/mol. The summed E-state index contributed by atoms with van der Waals surface area (Å²) >= 11 is 6.29. The average Bonchev–Trinajstić information content (AvgIpc) is 3.13. The minimum absolute atomic E-state index is 0.0972. The third kappa shape index (κ3) is 3.95. The molecule has 1 amide bonds. The Morgan fingerprint density at radius 1 is 1.00 bits per heavy atom. The number of anilines is 1. The second kappa shape index (κ2) is 7.25. The van der Waals surface area contributed by atoms with Crippen molar-refractivity contribution in [2.45, 2.75) is 6.18 Å². The Hall–Kier alpha value is -3.32. The number of fused-ring (bicyclic) bond motifs is 1. The standard InChI is InChI=1S/C21H13ClF3N3O/c22-16-9-8-14(11-15(16)19-27-17-6-1-2-7-18(17)28-19)26-20(29)12-4-3-5-13(10-12)21(23,24)25/h1-11H,(H,26,29)(H,27,28). The molecule has 0 unspecified atom stereocenters. The number of rotatable bonds is 3. The highest BCUT2D eigenvalue weighted by atomic mass is 35.5. The van der Waals surface area contributed by atoms with Gasteiger partial charge >= 0.3 is 6.18 Å². The molecule has 0 spiro atoms. The molecule has 1 aromatic heterocycles. The fourth-order valence-corrected chi connectivity index (χ4v) is 3.11. The first-order chi connectivity index (χ1) is 13.8. The van der Waals surface area contributed by atoms with Gasteiger partial charge in [0, 0.05) is 16.8 Å². The van der Waals surface area contributed by atoms with Crippen molar-refractivity contribution in [3.05, 3.63) is 82.9 Å². The van der Waals surface area contributed by atoms with Crippen molar-refractivity contribution < 1.29 is 18.0 Å². The summed E-state index contributed by atoms with van der Waals surface area (Å²) in [4.78, 5) is 20.1. The van der Waals surface area contributed by atoms with Gasteiger partial charge in [-0.15, -0.1) is 0 Å². The first kappa shape index (κ1) is 19.0. The van der Waals surface area contributed by atoms with E-state index in [4.69, 9.17) is 11.6 Å². The van der Waals surface area contributed by atoms with E-state index in [1.54, 1.807) is 18.2 Å². The lowest BCUT2D eigenvalue weighted by Crippen LogP contribution is -2.14. The number of imidazole rings is 1. The molecule has 0 aliphatic heterocycles. The predicted molar refractivity (Wildman–Crippen MR) is 106 cm³/mol. The van der Waals surface area contributed by atoms with Crippen molar-refractivity contribution in [2.75, 3.05) is 5.32 Å². The van der Waals surface area contributed by atoms with E-state index in [1.165, 1.54) is 12.1 Å². The van der Waals surface area contributed by atoms with Crippen molar-refractivity contribution in [1.29, 1.82) is 0 Å². The van der Waals surface area contributed by atoms with E-state index in [-0.39, 0.29) is 5.56 Å². The number of benzene rings is 3. The van der Waals surface area contributed by atoms with Crippen LogP contribution in [0.1, 0.15) is 15.9 Å². The Kier molecular flexibility index (Phi) is 4.76. The molecule has 4 aromatic rings. The van der Waals surface area contributed by atoms with Gasteiger partial charge in [0.05, 0.1) is 21.6 Å². The van der Waals surface area contributed by atoms with Crippen LogP contribution in [0, 0.1) is 0 Å². The second-order valence-electron chi connectivity index (χ2n) is 6.33. The zero-order valence-electron chi connectivity index (χ0n) is 14.7. The molecule has 2 N–H and O–H groups in total. The van der Waals surface area contributed by atoms with Crippen LogP contribution in [0.4, 0.5) is 18.9 Å². The number of aromatic amines is 1. The number of halogens is 4. The van der Waals surface area contributed by atoms with E-state index in [0.717, 1.165) is 23.2 Å². The van der Waals surface area contributed by atoms with Crippen LogP contribution in [0.5, 0.6) is 0 Å². The fourth-order valence-electron chi connectivity index (χ4n) is 2.90. The number of alkyl halides is 3. The predicted octanol–water partition coefficient (Wildman–Crippen LogP) is 6.15. The lowest BCUT2D eigenvalue weighted by Gasteiger charge is -2.10. The van der Waals surface area contributed by atoms with E-state index >= 15 is 0 Å². The third-order valence-electron chi connectivity index (χ3n) is 4.32. The maximum Gasteiger partial charge on any atom is 0.416 e. The number of carbonyl (C=O) groups excluding carboxylic acids is 1. The molecule has 0 bridgehead atoms. The molecular formula is C21H13ClF3N3O. The van der Waals surface area contributed by atoms with E-state index < -0.39 is 17.6 Å². The van der Waals surface area contributed by atoms with Gasteiger partial charge in [0.25, 0.3) is 5.91 Å². The van der Waals surface area contributed by atoms with Gasteiger partial charge in [0.15, 0.2) is 0 Å². The normalized spacial score (nSPS) is 11.6. The van der Waals surface area contributed by atoms with Crippen LogP contribution in [0.2, 0.25) is 5.02 Å². The summed E-state index contributed by atoms with van der Waals surface area (Å²) < 4.78 is 38.6. The molecule has 0 atom stereocenters. The number of para-hydroxylation sites is 2. The third-order valence-corrected chi connectivity index (χ3v) is 4.65. The van der Waals surface area contributed by atoms with Crippen LogP contribution in [0.25, 0.3) is 22.4 Å². The van der Waals surface area contributed by atoms with E-state index in [1.807, 2.05) is 24.3 Å². The molecule has 4 nitrogen and oxygen atoms in total. The number of carbonyl (C=O) groups is 1. The molecule has 4 rings (SSSR count). The van der Waals surface area contributed by atoms with Crippen LogP contribution in [-0.2, 0) is 6.18 Å². The smallest absolute Gasteiger partial charge is 0.338 e. The van der Waals surface area contributed by atoms with Gasteiger partial charge in [-0.25, -0.2) is 4.98 Å². The van der Waals surface area contributed by atoms with Crippen molar-refractivity contribution in [1.82, 2.24) is 9.97 Å². The maximum absolute atomic E-state index is 12.9. The van der Waals surface area contributed by atoms with Crippen LogP contribution >= 0.6 is 11.6 Å². The molecule has 3 aromatic carbocycles. The molecular weight excluding hydrogens is 403 g/mol. The Labute approximate surface area is 168 Å². The summed E-state index contributed by atoms with van der Waals surface area (Å²) in [5.74, 6) is -0.139. The van der Waals surface area contributed by atoms with Crippen molar-refractivity contribution in [3.8, 4) is 11.4 Å². The number of H-pyrrole nitrogens is 1. The van der Waals surface area contributed by atoms with Crippen LogP contribution in [0.15, 0.2) is 66.7 Å². The van der Waals surface area contributed by atoms with Gasteiger partial charge in [0.2, 0.25) is 0 Å². The minimum Gasteiger partial charge on any atom is -0.338 e. The summed E-state index contributed by atoms with van der Waals surface area (Å²) in [7, 11) is 0. The SMILES string of the molecule is O=C(Nc1ccc(Cl)c(-c2nc3ccccc3[nH]2)c1)c1cccc(C(F)(F)F)c1. The monoisotopic (exact) mass is 415 g/mol. The number of aromatic nitrogens is 2. The highest BCUT2D eigenvalue weighted by molar-refractivity contribution is 6.33. The molecule has 29 heavy (non-hydrogen) atoms. The minimum atomic E-state index is -4.52. The number of hydrogen-bond donors (Lipinski definition) is 2. The van der Waals surface area contributed by atoms with E-state index in [0.29, 0.717) is 22.1 Å². The van der Waals surface area contributed by atoms with E-state index in [9.17, 15) is 18.0 Å². The first-order valence-corrected chi connectivity index (χ1v) is 8.92. The molecule has 0 aliphatic carbocycles. The van der Waals surface area contributed by atoms with Crippen molar-refractivity contribution in [2.24, 2.45) is 0 Å². The van der Waals surface area contributed by atoms with Crippen molar-refractivity contribution >= 4 is 34.2 Å². The van der Waals surface area contributed by atoms with Gasteiger partial charge in [-0.1, -0.05) is 29.8 Å². The molecule has 0 radical (unpaired) electrons. The Balaban J connectivity index is 1.63. The topological polar surface area (TPSA) is 57.8 Å². The molecule has 0 fully saturated rings. The van der Waals surface area contributed by atoms with Gasteiger partial charge in [-0.3, -0.25) is 4.79 Å². The summed E-state index contributed by atoms with van der Waals surface area (Å²) in [6.07, 6.45) is -4.52. The summed E-state index contributed by atoms with van der Waals surface area (Å²) in [6.45, 7) is 0. The quantitative estimate of drug-likeness (QED) is 0.421. The number of nitrogens with zero attached hydrogens (tertiary/aromatic N) is 1. The Morgan fingerprint density at radius 2 is 1.79 bits per heavy atom. The molecule has 0 saturated heterocycles. The highest BCUT2D eigenvalue weighted by Gasteiger charge is 2.30. The molecule has 0 saturated carbocycles. The zero-order valence-corrected chi connectivity index (χ0v) is 15.5. The number of amides is 1. The van der Waals surface area contributed by atoms with Gasteiger partial charge < -0.3 is 10.3 Å². The zero-order chi connectivity index (χ0) is 20.6. The Bertz CT molecular complexity index is 1180. The first-order valence-electron chi connectivity index (χ1n) is 8.54. The van der Waals surface area contributed by atoms with Crippen LogP contribution in [0.3, 0.4) is 0 Å². The van der Waals surface area contributed by atoms with Crippen LogP contribution in [-0.4, -0.2) is 15.9 Å². The van der Waals surface area contributed by atoms with Gasteiger partial charge in [0.1, 0.15) is 5.82 Å². The van der Waals surface area contributed by atoms with Crippen molar-refractivity contribution in [3.63, 3.8) is 0 Å². The largest absolute Gasteiger partial charge is 0.416 e. The molecule has 146 valence electrons. The highest BCUT2D eigenvalue weighted by Crippen LogP contribution is 2.31. The summed E-state index contributed by atoms with van der Waals surface area (Å²) in [5, 5.41) is 3.02. The molecule has 1 heterocycles. The fraction of sp³-hybridized carbons (Fsp3) is 0.0476. The van der Waals surface area contributed by atoms with E-state index in [2.05, 4.69) is 15.3 Å². The molecule has 0 aliphatic rings. The second-order valence-corrected chi connectivity index (χ2v) is 6.74. The Morgan fingerprint density at radius 3 is 2.55 bits per heavy atom. The van der Waals surface area contributed by atoms with Gasteiger partial charge in [-0.05, 0) is 48.5 Å². The lowest BCUT2D eigenvalue weighted by molar-refractivity contribution is -0.137. The number of hydrogen-bond acceptors (Lipinski definition) is 2. The summed E-state index contributed by atoms with van der Waals surface area (Å²) in [6, 6.07) is 16.5. The molecule has 8 heteroatoms. The number of nitrogens with one attached hydrogen (secondary N) is 2. The lowest BCUT2D eigenvalue weighted by atomic mass is 10.1. The van der Waals surface area contributed by atoms with Crippen LogP contribution < -0.4 is 5.32 Å².